The van der Waals surface area contributed by atoms with Crippen LogP contribution in [0.1, 0.15) is 11.3 Å². The molecule has 1 aromatic rings. The van der Waals surface area contributed by atoms with Gasteiger partial charge in [-0.15, -0.1) is 0 Å². The minimum atomic E-state index is 0.518. The molecule has 0 saturated carbocycles. The Hall–Kier alpha value is -1.20. The van der Waals surface area contributed by atoms with Crippen LogP contribution in [0.3, 0.4) is 0 Å². The maximum absolute atomic E-state index is 4.63. The summed E-state index contributed by atoms with van der Waals surface area (Å²) < 4.78 is 0. The average Bonchev–Trinajstić information content (AvgIpc) is 2.27. The van der Waals surface area contributed by atoms with E-state index in [9.17, 15) is 0 Å². The van der Waals surface area contributed by atoms with E-state index in [4.69, 9.17) is 0 Å². The van der Waals surface area contributed by atoms with Crippen LogP contribution in [0.4, 0.5) is 5.95 Å². The van der Waals surface area contributed by atoms with Gasteiger partial charge < -0.3 is 15.1 Å². The third-order valence-corrected chi connectivity index (χ3v) is 3.52. The number of aromatic nitrogens is 2. The van der Waals surface area contributed by atoms with Crippen LogP contribution in [0.2, 0.25) is 0 Å². The third-order valence-electron chi connectivity index (χ3n) is 3.52. The number of hydrogen-bond acceptors (Lipinski definition) is 5. The van der Waals surface area contributed by atoms with Crippen molar-refractivity contribution >= 4 is 5.95 Å². The molecule has 1 N–H and O–H groups in total. The van der Waals surface area contributed by atoms with Crippen LogP contribution in [0.15, 0.2) is 6.20 Å². The standard InChI is InChI=1S/C12H19N5/c1-16-4-3-11-9(6-16)5-13-12(15-11)14-10-7-17(2)8-10/h5,10H,3-4,6-8H2,1-2H3,(H,13,14,15). The summed E-state index contributed by atoms with van der Waals surface area (Å²) in [5.41, 5.74) is 2.49. The lowest BCUT2D eigenvalue weighted by Crippen LogP contribution is -2.52. The van der Waals surface area contributed by atoms with Gasteiger partial charge in [0.25, 0.3) is 0 Å². The molecule has 0 bridgehead atoms. The number of nitrogens with zero attached hydrogens (tertiary/aromatic N) is 4. The fraction of sp³-hybridized carbons (Fsp3) is 0.667. The largest absolute Gasteiger partial charge is 0.349 e. The number of hydrogen-bond donors (Lipinski definition) is 1. The quantitative estimate of drug-likeness (QED) is 0.790. The van der Waals surface area contributed by atoms with Gasteiger partial charge in [0.05, 0.1) is 11.7 Å². The van der Waals surface area contributed by atoms with E-state index in [1.165, 1.54) is 11.3 Å². The second-order valence-electron chi connectivity index (χ2n) is 5.22. The molecule has 1 saturated heterocycles. The Balaban J connectivity index is 1.70. The first-order valence-corrected chi connectivity index (χ1v) is 6.19. The number of nitrogens with one attached hydrogen (secondary N) is 1. The first-order chi connectivity index (χ1) is 8.20. The Morgan fingerprint density at radius 3 is 2.88 bits per heavy atom. The summed E-state index contributed by atoms with van der Waals surface area (Å²) in [5.74, 6) is 0.798. The van der Waals surface area contributed by atoms with Crippen LogP contribution in [-0.2, 0) is 13.0 Å². The fourth-order valence-corrected chi connectivity index (χ4v) is 2.50. The number of rotatable bonds is 2. The molecule has 0 spiro atoms. The maximum Gasteiger partial charge on any atom is 0.223 e. The molecule has 3 heterocycles. The van der Waals surface area contributed by atoms with Crippen molar-refractivity contribution in [2.24, 2.45) is 0 Å². The van der Waals surface area contributed by atoms with Gasteiger partial charge >= 0.3 is 0 Å². The molecule has 1 fully saturated rings. The van der Waals surface area contributed by atoms with Crippen LogP contribution in [-0.4, -0.2) is 59.5 Å². The average molecular weight is 233 g/mol. The first-order valence-electron chi connectivity index (χ1n) is 6.19. The zero-order valence-electron chi connectivity index (χ0n) is 10.5. The third kappa shape index (κ3) is 2.25. The highest BCUT2D eigenvalue weighted by atomic mass is 15.3. The summed E-state index contributed by atoms with van der Waals surface area (Å²) in [6, 6.07) is 0.518. The molecule has 92 valence electrons. The van der Waals surface area contributed by atoms with Gasteiger partial charge in [0.1, 0.15) is 0 Å². The number of likely N-dealkylation sites (N-methyl/N-ethyl adjacent to an activating group) is 2. The van der Waals surface area contributed by atoms with E-state index in [0.29, 0.717) is 6.04 Å². The number of fused-ring (bicyclic) bond motifs is 1. The van der Waals surface area contributed by atoms with Gasteiger partial charge in [0.15, 0.2) is 0 Å². The molecule has 0 aliphatic carbocycles. The highest BCUT2D eigenvalue weighted by Crippen LogP contribution is 2.17. The van der Waals surface area contributed by atoms with Crippen LogP contribution >= 0.6 is 0 Å². The van der Waals surface area contributed by atoms with Crippen molar-refractivity contribution in [3.05, 3.63) is 17.5 Å². The molecule has 3 rings (SSSR count). The second-order valence-corrected chi connectivity index (χ2v) is 5.22. The van der Waals surface area contributed by atoms with E-state index in [-0.39, 0.29) is 0 Å². The summed E-state index contributed by atoms with van der Waals surface area (Å²) in [7, 11) is 4.26. The Morgan fingerprint density at radius 1 is 1.29 bits per heavy atom. The molecular weight excluding hydrogens is 214 g/mol. The molecule has 2 aliphatic heterocycles. The number of likely N-dealkylation sites (tertiary alicyclic amines) is 1. The Bertz CT molecular complexity index is 413. The smallest absolute Gasteiger partial charge is 0.223 e. The van der Waals surface area contributed by atoms with Gasteiger partial charge in [0, 0.05) is 44.4 Å². The molecule has 0 amide bonds. The van der Waals surface area contributed by atoms with Crippen molar-refractivity contribution in [3.63, 3.8) is 0 Å². The predicted octanol–water partition coefficient (Wildman–Crippen LogP) is 0.190. The highest BCUT2D eigenvalue weighted by molar-refractivity contribution is 5.32. The normalized spacial score (nSPS) is 22.0. The molecular formula is C12H19N5. The molecule has 2 aliphatic rings. The zero-order valence-corrected chi connectivity index (χ0v) is 10.5. The summed E-state index contributed by atoms with van der Waals surface area (Å²) in [5, 5.41) is 3.39. The van der Waals surface area contributed by atoms with Gasteiger partial charge in [-0.05, 0) is 14.1 Å². The van der Waals surface area contributed by atoms with Crippen molar-refractivity contribution in [2.75, 3.05) is 39.0 Å². The fourth-order valence-electron chi connectivity index (χ4n) is 2.50. The van der Waals surface area contributed by atoms with Gasteiger partial charge in [0.2, 0.25) is 5.95 Å². The molecule has 0 aromatic carbocycles. The lowest BCUT2D eigenvalue weighted by molar-refractivity contribution is 0.204. The molecule has 1 aromatic heterocycles. The Labute approximate surface area is 102 Å². The predicted molar refractivity (Wildman–Crippen MR) is 67.0 cm³/mol. The summed E-state index contributed by atoms with van der Waals surface area (Å²) in [4.78, 5) is 13.6. The van der Waals surface area contributed by atoms with Gasteiger partial charge in [-0.1, -0.05) is 0 Å². The van der Waals surface area contributed by atoms with Crippen LogP contribution in [0.25, 0.3) is 0 Å². The van der Waals surface area contributed by atoms with Crippen molar-refractivity contribution in [2.45, 2.75) is 19.0 Å². The van der Waals surface area contributed by atoms with E-state index in [0.717, 1.165) is 38.5 Å². The van der Waals surface area contributed by atoms with Crippen molar-refractivity contribution in [3.8, 4) is 0 Å². The van der Waals surface area contributed by atoms with Gasteiger partial charge in [-0.2, -0.15) is 0 Å². The van der Waals surface area contributed by atoms with Crippen LogP contribution < -0.4 is 5.32 Å². The van der Waals surface area contributed by atoms with Crippen molar-refractivity contribution in [1.29, 1.82) is 0 Å². The topological polar surface area (TPSA) is 44.3 Å². The number of anilines is 1. The summed E-state index contributed by atoms with van der Waals surface area (Å²) in [6.45, 7) is 4.24. The second kappa shape index (κ2) is 4.23. The Morgan fingerprint density at radius 2 is 2.12 bits per heavy atom. The van der Waals surface area contributed by atoms with E-state index in [1.54, 1.807) is 0 Å². The lowest BCUT2D eigenvalue weighted by atomic mass is 10.1. The molecule has 0 unspecified atom stereocenters. The minimum absolute atomic E-state index is 0.518. The maximum atomic E-state index is 4.63. The molecule has 0 radical (unpaired) electrons. The summed E-state index contributed by atoms with van der Waals surface area (Å²) in [6.07, 6.45) is 3.01. The van der Waals surface area contributed by atoms with Crippen LogP contribution in [0, 0.1) is 0 Å². The van der Waals surface area contributed by atoms with E-state index >= 15 is 0 Å². The molecule has 5 nitrogen and oxygen atoms in total. The van der Waals surface area contributed by atoms with E-state index < -0.39 is 0 Å². The minimum Gasteiger partial charge on any atom is -0.349 e. The first kappa shape index (κ1) is 10.9. The van der Waals surface area contributed by atoms with Crippen molar-refractivity contribution in [1.82, 2.24) is 19.8 Å². The summed E-state index contributed by atoms with van der Waals surface area (Å²) >= 11 is 0. The van der Waals surface area contributed by atoms with Gasteiger partial charge in [-0.3, -0.25) is 0 Å². The highest BCUT2D eigenvalue weighted by Gasteiger charge is 2.24. The van der Waals surface area contributed by atoms with E-state index in [1.807, 2.05) is 6.20 Å². The van der Waals surface area contributed by atoms with Gasteiger partial charge in [-0.25, -0.2) is 9.97 Å². The van der Waals surface area contributed by atoms with Crippen molar-refractivity contribution < 1.29 is 0 Å². The monoisotopic (exact) mass is 233 g/mol. The SMILES string of the molecule is CN1CCc2nc(NC3CN(C)C3)ncc2C1. The van der Waals surface area contributed by atoms with Crippen LogP contribution in [0.5, 0.6) is 0 Å². The molecule has 17 heavy (non-hydrogen) atoms. The molecule has 0 atom stereocenters. The zero-order chi connectivity index (χ0) is 11.8. The Kier molecular flexibility index (Phi) is 2.72. The lowest BCUT2D eigenvalue weighted by Gasteiger charge is -2.36. The molecule has 5 heteroatoms. The van der Waals surface area contributed by atoms with E-state index in [2.05, 4.69) is 39.2 Å².